The summed E-state index contributed by atoms with van der Waals surface area (Å²) in [4.78, 5) is 24.9. The van der Waals surface area contributed by atoms with Gasteiger partial charge in [-0.05, 0) is 91.3 Å². The van der Waals surface area contributed by atoms with Crippen LogP contribution in [0.4, 0.5) is 0 Å². The standard InChI is InChI=1S/C32H32O3/c1-2-23-8-10-25(11-9-23)22-26-12-15-27(16-13-26)31(28-17-19-29(20-18-28)32(34)35)30(33)21-14-24-6-4-3-5-7-24/h1,3-11,17-20,26-27,31H,12-16,21-22H2,(H,34,35). The van der Waals surface area contributed by atoms with Crippen LogP contribution < -0.4 is 0 Å². The topological polar surface area (TPSA) is 54.4 Å². The average molecular weight is 465 g/mol. The van der Waals surface area contributed by atoms with E-state index in [0.29, 0.717) is 12.3 Å². The SMILES string of the molecule is C#Cc1ccc(CC2CCC(C(C(=O)CCc3ccccc3)c3ccc(C(=O)O)cc3)CC2)cc1. The fraction of sp³-hybridized carbons (Fsp3) is 0.312. The van der Waals surface area contributed by atoms with Gasteiger partial charge in [-0.25, -0.2) is 4.79 Å². The number of carbonyl (C=O) groups excluding carboxylic acids is 1. The van der Waals surface area contributed by atoms with Crippen molar-refractivity contribution in [1.82, 2.24) is 0 Å². The van der Waals surface area contributed by atoms with Crippen molar-refractivity contribution in [2.75, 3.05) is 0 Å². The van der Waals surface area contributed by atoms with Crippen molar-refractivity contribution >= 4 is 11.8 Å². The molecule has 178 valence electrons. The lowest BCUT2D eigenvalue weighted by Crippen LogP contribution is -2.27. The first-order valence-electron chi connectivity index (χ1n) is 12.5. The maximum Gasteiger partial charge on any atom is 0.335 e. The maximum absolute atomic E-state index is 13.5. The van der Waals surface area contributed by atoms with E-state index in [2.05, 4.69) is 30.2 Å². The van der Waals surface area contributed by atoms with Gasteiger partial charge in [-0.2, -0.15) is 0 Å². The summed E-state index contributed by atoms with van der Waals surface area (Å²) in [7, 11) is 0. The number of benzene rings is 3. The van der Waals surface area contributed by atoms with Crippen molar-refractivity contribution in [3.8, 4) is 12.3 Å². The van der Waals surface area contributed by atoms with E-state index in [1.807, 2.05) is 42.5 Å². The molecule has 1 saturated carbocycles. The predicted octanol–water partition coefficient (Wildman–Crippen LogP) is 6.70. The smallest absolute Gasteiger partial charge is 0.335 e. The number of carbonyl (C=O) groups is 2. The highest BCUT2D eigenvalue weighted by molar-refractivity contribution is 5.89. The van der Waals surface area contributed by atoms with Crippen LogP contribution in [0.5, 0.6) is 0 Å². The molecule has 4 rings (SSSR count). The zero-order chi connectivity index (χ0) is 24.6. The van der Waals surface area contributed by atoms with Crippen LogP contribution in [-0.4, -0.2) is 16.9 Å². The highest BCUT2D eigenvalue weighted by Crippen LogP contribution is 2.40. The number of carboxylic acid groups (broad SMARTS) is 1. The maximum atomic E-state index is 13.5. The molecule has 1 aliphatic rings. The van der Waals surface area contributed by atoms with Crippen molar-refractivity contribution in [3.05, 3.63) is 107 Å². The van der Waals surface area contributed by atoms with Crippen molar-refractivity contribution in [2.24, 2.45) is 11.8 Å². The molecule has 0 heterocycles. The second-order valence-corrected chi connectivity index (χ2v) is 9.68. The Morgan fingerprint density at radius 2 is 1.51 bits per heavy atom. The number of carboxylic acids is 1. The minimum absolute atomic E-state index is 0.183. The summed E-state index contributed by atoms with van der Waals surface area (Å²) in [5.74, 6) is 2.69. The van der Waals surface area contributed by atoms with Crippen LogP contribution in [0.1, 0.15) is 70.6 Å². The zero-order valence-corrected chi connectivity index (χ0v) is 20.0. The fourth-order valence-electron chi connectivity index (χ4n) is 5.42. The summed E-state index contributed by atoms with van der Waals surface area (Å²) in [5.41, 5.74) is 4.58. The van der Waals surface area contributed by atoms with Gasteiger partial charge in [0.1, 0.15) is 5.78 Å². The monoisotopic (exact) mass is 464 g/mol. The van der Waals surface area contributed by atoms with Gasteiger partial charge in [0.25, 0.3) is 0 Å². The van der Waals surface area contributed by atoms with E-state index in [0.717, 1.165) is 49.7 Å². The summed E-state index contributed by atoms with van der Waals surface area (Å²) in [6, 6.07) is 25.3. The molecule has 0 radical (unpaired) electrons. The van der Waals surface area contributed by atoms with Crippen molar-refractivity contribution in [1.29, 1.82) is 0 Å². The quantitative estimate of drug-likeness (QED) is 0.359. The molecule has 0 amide bonds. The van der Waals surface area contributed by atoms with E-state index in [9.17, 15) is 14.7 Å². The molecule has 1 unspecified atom stereocenters. The van der Waals surface area contributed by atoms with Gasteiger partial charge in [0.15, 0.2) is 0 Å². The lowest BCUT2D eigenvalue weighted by atomic mass is 9.70. The van der Waals surface area contributed by atoms with E-state index in [4.69, 9.17) is 6.42 Å². The summed E-state index contributed by atoms with van der Waals surface area (Å²) in [6.45, 7) is 0. The first-order valence-corrected chi connectivity index (χ1v) is 12.5. The molecule has 35 heavy (non-hydrogen) atoms. The number of Topliss-reactive ketones (excluding diaryl/α,β-unsaturated/α-hetero) is 1. The van der Waals surface area contributed by atoms with E-state index in [-0.39, 0.29) is 23.2 Å². The molecule has 0 aliphatic heterocycles. The number of ketones is 1. The van der Waals surface area contributed by atoms with E-state index < -0.39 is 5.97 Å². The lowest BCUT2D eigenvalue weighted by molar-refractivity contribution is -0.122. The third kappa shape index (κ3) is 6.49. The van der Waals surface area contributed by atoms with E-state index in [1.165, 1.54) is 11.1 Å². The molecule has 3 aromatic rings. The van der Waals surface area contributed by atoms with Gasteiger partial charge in [0.2, 0.25) is 0 Å². The Morgan fingerprint density at radius 1 is 0.857 bits per heavy atom. The van der Waals surface area contributed by atoms with Crippen LogP contribution >= 0.6 is 0 Å². The van der Waals surface area contributed by atoms with Crippen LogP contribution in [0.3, 0.4) is 0 Å². The van der Waals surface area contributed by atoms with Crippen LogP contribution in [0.15, 0.2) is 78.9 Å². The average Bonchev–Trinajstić information content (AvgIpc) is 2.90. The lowest BCUT2D eigenvalue weighted by Gasteiger charge is -2.34. The molecule has 3 nitrogen and oxygen atoms in total. The zero-order valence-electron chi connectivity index (χ0n) is 20.0. The van der Waals surface area contributed by atoms with Gasteiger partial charge in [0.05, 0.1) is 5.56 Å². The molecule has 3 aromatic carbocycles. The van der Waals surface area contributed by atoms with Crippen LogP contribution in [-0.2, 0) is 17.6 Å². The summed E-state index contributed by atoms with van der Waals surface area (Å²) < 4.78 is 0. The highest BCUT2D eigenvalue weighted by Gasteiger charge is 2.33. The number of terminal acetylenes is 1. The first-order chi connectivity index (χ1) is 17.0. The molecule has 0 aromatic heterocycles. The van der Waals surface area contributed by atoms with Crippen LogP contribution in [0.2, 0.25) is 0 Å². The number of rotatable bonds is 9. The molecule has 0 spiro atoms. The molecule has 0 bridgehead atoms. The molecule has 1 aliphatic carbocycles. The molecule has 1 atom stereocenters. The third-order valence-corrected chi connectivity index (χ3v) is 7.37. The van der Waals surface area contributed by atoms with Crippen molar-refractivity contribution < 1.29 is 14.7 Å². The molecular formula is C32H32O3. The highest BCUT2D eigenvalue weighted by atomic mass is 16.4. The van der Waals surface area contributed by atoms with Gasteiger partial charge >= 0.3 is 5.97 Å². The predicted molar refractivity (Wildman–Crippen MR) is 139 cm³/mol. The number of hydrogen-bond acceptors (Lipinski definition) is 2. The second-order valence-electron chi connectivity index (χ2n) is 9.68. The van der Waals surface area contributed by atoms with Crippen LogP contribution in [0, 0.1) is 24.2 Å². The van der Waals surface area contributed by atoms with Crippen molar-refractivity contribution in [2.45, 2.75) is 50.9 Å². The van der Waals surface area contributed by atoms with Crippen molar-refractivity contribution in [3.63, 3.8) is 0 Å². The second kappa shape index (κ2) is 11.7. The number of aromatic carboxylic acids is 1. The van der Waals surface area contributed by atoms with Gasteiger partial charge in [-0.3, -0.25) is 4.79 Å². The summed E-state index contributed by atoms with van der Waals surface area (Å²) >= 11 is 0. The largest absolute Gasteiger partial charge is 0.478 e. The Morgan fingerprint density at radius 3 is 2.11 bits per heavy atom. The Hall–Kier alpha value is -3.64. The van der Waals surface area contributed by atoms with Gasteiger partial charge in [0, 0.05) is 17.9 Å². The molecular weight excluding hydrogens is 432 g/mol. The number of aryl methyl sites for hydroxylation is 1. The normalized spacial score (nSPS) is 18.4. The number of hydrogen-bond donors (Lipinski definition) is 1. The molecule has 1 N–H and O–H groups in total. The summed E-state index contributed by atoms with van der Waals surface area (Å²) in [6.07, 6.45) is 11.9. The van der Waals surface area contributed by atoms with Gasteiger partial charge in [-0.15, -0.1) is 6.42 Å². The van der Waals surface area contributed by atoms with Gasteiger partial charge in [-0.1, -0.05) is 60.5 Å². The fourth-order valence-corrected chi connectivity index (χ4v) is 5.42. The molecule has 1 fully saturated rings. The minimum atomic E-state index is -0.945. The van der Waals surface area contributed by atoms with Gasteiger partial charge < -0.3 is 5.11 Å². The molecule has 0 saturated heterocycles. The Kier molecular flexibility index (Phi) is 8.16. The Labute approximate surface area is 208 Å². The van der Waals surface area contributed by atoms with E-state index in [1.54, 1.807) is 12.1 Å². The van der Waals surface area contributed by atoms with Crippen LogP contribution in [0.25, 0.3) is 0 Å². The Bertz CT molecular complexity index is 1160. The molecule has 3 heteroatoms. The third-order valence-electron chi connectivity index (χ3n) is 7.37. The Balaban J connectivity index is 1.44. The minimum Gasteiger partial charge on any atom is -0.478 e. The summed E-state index contributed by atoms with van der Waals surface area (Å²) in [5, 5.41) is 9.29. The first kappa shape index (κ1) is 24.5. The van der Waals surface area contributed by atoms with E-state index >= 15 is 0 Å².